The van der Waals surface area contributed by atoms with Gasteiger partial charge in [0.15, 0.2) is 16.6 Å². The van der Waals surface area contributed by atoms with Crippen LogP contribution in [0.15, 0.2) is 54.1 Å². The first-order chi connectivity index (χ1) is 18.7. The summed E-state index contributed by atoms with van der Waals surface area (Å²) >= 11 is 1.32. The van der Waals surface area contributed by atoms with Crippen molar-refractivity contribution in [3.8, 4) is 17.2 Å². The van der Waals surface area contributed by atoms with Gasteiger partial charge in [0.25, 0.3) is 5.78 Å². The number of thiazole rings is 1. The number of ketones is 1. The summed E-state index contributed by atoms with van der Waals surface area (Å²) in [7, 11) is 4.56. The van der Waals surface area contributed by atoms with Crippen molar-refractivity contribution in [1.82, 2.24) is 4.98 Å². The summed E-state index contributed by atoms with van der Waals surface area (Å²) in [5.41, 5.74) is 4.35. The van der Waals surface area contributed by atoms with Gasteiger partial charge < -0.3 is 19.3 Å². The van der Waals surface area contributed by atoms with Gasteiger partial charge in [0, 0.05) is 11.1 Å². The smallest absolute Gasteiger partial charge is 0.301 e. The molecule has 1 aliphatic rings. The van der Waals surface area contributed by atoms with Crippen molar-refractivity contribution in [2.45, 2.75) is 26.8 Å². The van der Waals surface area contributed by atoms with Crippen molar-refractivity contribution < 1.29 is 28.9 Å². The van der Waals surface area contributed by atoms with Crippen molar-refractivity contribution in [1.29, 1.82) is 0 Å². The van der Waals surface area contributed by atoms with Crippen LogP contribution in [0.3, 0.4) is 0 Å². The molecule has 0 aliphatic carbocycles. The molecule has 200 valence electrons. The lowest BCUT2D eigenvalue weighted by Crippen LogP contribution is -2.29. The molecule has 4 aromatic rings. The highest BCUT2D eigenvalue weighted by atomic mass is 32.1. The van der Waals surface area contributed by atoms with Gasteiger partial charge >= 0.3 is 5.91 Å². The van der Waals surface area contributed by atoms with E-state index in [1.807, 2.05) is 32.9 Å². The lowest BCUT2D eigenvalue weighted by atomic mass is 9.94. The van der Waals surface area contributed by atoms with Crippen LogP contribution in [-0.4, -0.2) is 43.1 Å². The molecule has 1 amide bonds. The first kappa shape index (κ1) is 26.2. The number of hydrogen-bond donors (Lipinski definition) is 1. The largest absolute Gasteiger partial charge is 0.507 e. The summed E-state index contributed by atoms with van der Waals surface area (Å²) < 4.78 is 17.5. The number of ether oxygens (including phenoxy) is 3. The fourth-order valence-corrected chi connectivity index (χ4v) is 6.26. The number of nitrogens with zero attached hydrogens (tertiary/aromatic N) is 2. The van der Waals surface area contributed by atoms with E-state index in [1.54, 1.807) is 43.5 Å². The van der Waals surface area contributed by atoms with Crippen molar-refractivity contribution in [3.63, 3.8) is 0 Å². The number of Topliss-reactive ketones (excluding diaryl/α,β-unsaturated/α-hetero) is 1. The summed E-state index contributed by atoms with van der Waals surface area (Å²) in [6.07, 6.45) is 0. The Labute approximate surface area is 230 Å². The predicted octanol–water partition coefficient (Wildman–Crippen LogP) is 5.87. The van der Waals surface area contributed by atoms with E-state index in [9.17, 15) is 14.7 Å². The maximum absolute atomic E-state index is 13.7. The molecular formula is C30H28N2O6S. The van der Waals surface area contributed by atoms with E-state index >= 15 is 0 Å². The van der Waals surface area contributed by atoms with Gasteiger partial charge in [0.1, 0.15) is 17.6 Å². The van der Waals surface area contributed by atoms with Crippen LogP contribution in [-0.2, 0) is 9.59 Å². The number of para-hydroxylation sites is 1. The molecule has 5 rings (SSSR count). The fraction of sp³-hybridized carbons (Fsp3) is 0.233. The molecule has 9 heteroatoms. The number of aliphatic hydroxyl groups is 1. The molecule has 1 saturated heterocycles. The Hall–Kier alpha value is -4.37. The second kappa shape index (κ2) is 10.1. The quantitative estimate of drug-likeness (QED) is 0.184. The van der Waals surface area contributed by atoms with Gasteiger partial charge in [0.2, 0.25) is 0 Å². The molecule has 0 radical (unpaired) electrons. The molecule has 1 atom stereocenters. The zero-order valence-corrected chi connectivity index (χ0v) is 23.3. The predicted molar refractivity (Wildman–Crippen MR) is 151 cm³/mol. The third-order valence-electron chi connectivity index (χ3n) is 6.87. The van der Waals surface area contributed by atoms with Crippen molar-refractivity contribution in [3.05, 3.63) is 81.9 Å². The molecule has 1 aliphatic heterocycles. The normalized spacial score (nSPS) is 16.7. The molecule has 1 fully saturated rings. The third-order valence-corrected chi connectivity index (χ3v) is 7.87. The minimum absolute atomic E-state index is 0.0664. The number of methoxy groups -OCH3 is 3. The molecule has 0 unspecified atom stereocenters. The maximum Gasteiger partial charge on any atom is 0.301 e. The first-order valence-electron chi connectivity index (χ1n) is 12.2. The van der Waals surface area contributed by atoms with Gasteiger partial charge in [-0.2, -0.15) is 0 Å². The number of hydrogen-bond acceptors (Lipinski definition) is 8. The van der Waals surface area contributed by atoms with Gasteiger partial charge in [-0.15, -0.1) is 0 Å². The van der Waals surface area contributed by atoms with Gasteiger partial charge in [-0.05, 0) is 67.8 Å². The molecule has 1 aromatic heterocycles. The van der Waals surface area contributed by atoms with E-state index in [0.29, 0.717) is 33.5 Å². The van der Waals surface area contributed by atoms with Gasteiger partial charge in [0.05, 0.1) is 37.1 Å². The van der Waals surface area contributed by atoms with E-state index in [4.69, 9.17) is 19.2 Å². The van der Waals surface area contributed by atoms with Crippen LogP contribution in [0.2, 0.25) is 0 Å². The fourth-order valence-electron chi connectivity index (χ4n) is 5.09. The summed E-state index contributed by atoms with van der Waals surface area (Å²) in [4.78, 5) is 33.5. The lowest BCUT2D eigenvalue weighted by molar-refractivity contribution is -0.132. The molecule has 2 heterocycles. The molecular weight excluding hydrogens is 516 g/mol. The van der Waals surface area contributed by atoms with E-state index < -0.39 is 17.7 Å². The zero-order valence-electron chi connectivity index (χ0n) is 22.5. The van der Waals surface area contributed by atoms with E-state index in [-0.39, 0.29) is 11.3 Å². The lowest BCUT2D eigenvalue weighted by Gasteiger charge is -2.25. The Kier molecular flexibility index (Phi) is 6.78. The number of carbonyl (C=O) groups excluding carboxylic acids is 2. The zero-order chi connectivity index (χ0) is 28.0. The highest BCUT2D eigenvalue weighted by Gasteiger charge is 2.49. The van der Waals surface area contributed by atoms with Gasteiger partial charge in [-0.25, -0.2) is 4.98 Å². The molecule has 0 saturated carbocycles. The standard InChI is InChI=1S/C30H28N2O6S/c1-15-12-17(3)24-22(13-15)39-30(31-24)32-25(19-8-7-9-21(37-5)28(19)38-6)23(27(34)29(32)35)26(33)18-10-11-20(36-4)16(2)14-18/h7-14,25,33H,1-6H3/b26-23+/t25-/m1/s1. The van der Waals surface area contributed by atoms with Crippen LogP contribution in [0.25, 0.3) is 16.0 Å². The molecule has 39 heavy (non-hydrogen) atoms. The van der Waals surface area contributed by atoms with Gasteiger partial charge in [-0.3, -0.25) is 14.5 Å². The minimum Gasteiger partial charge on any atom is -0.507 e. The Morgan fingerprint density at radius 2 is 1.67 bits per heavy atom. The number of amides is 1. The summed E-state index contributed by atoms with van der Waals surface area (Å²) in [5.74, 6) is -0.491. The number of fused-ring (bicyclic) bond motifs is 1. The van der Waals surface area contributed by atoms with Crippen LogP contribution in [0.1, 0.15) is 33.9 Å². The molecule has 8 nitrogen and oxygen atoms in total. The Morgan fingerprint density at radius 3 is 2.33 bits per heavy atom. The number of rotatable bonds is 6. The molecule has 0 spiro atoms. The second-order valence-electron chi connectivity index (χ2n) is 9.36. The Morgan fingerprint density at radius 1 is 0.923 bits per heavy atom. The van der Waals surface area contributed by atoms with Crippen molar-refractivity contribution in [2.75, 3.05) is 26.2 Å². The molecule has 1 N–H and O–H groups in total. The Bertz CT molecular complexity index is 1670. The van der Waals surface area contributed by atoms with Crippen molar-refractivity contribution in [2.24, 2.45) is 0 Å². The average Bonchev–Trinajstić information content (AvgIpc) is 3.45. The third kappa shape index (κ3) is 4.28. The average molecular weight is 545 g/mol. The monoisotopic (exact) mass is 544 g/mol. The highest BCUT2D eigenvalue weighted by molar-refractivity contribution is 7.22. The van der Waals surface area contributed by atoms with Crippen LogP contribution in [0.5, 0.6) is 17.2 Å². The number of benzene rings is 3. The summed E-state index contributed by atoms with van der Waals surface area (Å²) in [6.45, 7) is 5.79. The van der Waals surface area contributed by atoms with Crippen LogP contribution in [0.4, 0.5) is 5.13 Å². The maximum atomic E-state index is 13.7. The van der Waals surface area contributed by atoms with E-state index in [1.165, 1.54) is 30.5 Å². The van der Waals surface area contributed by atoms with Crippen LogP contribution < -0.4 is 19.1 Å². The molecule has 3 aromatic carbocycles. The summed E-state index contributed by atoms with van der Waals surface area (Å²) in [5, 5.41) is 11.9. The highest BCUT2D eigenvalue weighted by Crippen LogP contribution is 2.48. The number of anilines is 1. The topological polar surface area (TPSA) is 98.2 Å². The Balaban J connectivity index is 1.79. The number of carbonyl (C=O) groups is 2. The second-order valence-corrected chi connectivity index (χ2v) is 10.4. The van der Waals surface area contributed by atoms with E-state index in [0.717, 1.165) is 26.9 Å². The van der Waals surface area contributed by atoms with Gasteiger partial charge in [-0.1, -0.05) is 29.5 Å². The number of aryl methyl sites for hydroxylation is 3. The molecule has 0 bridgehead atoms. The first-order valence-corrected chi connectivity index (χ1v) is 13.1. The van der Waals surface area contributed by atoms with Crippen LogP contribution in [0, 0.1) is 20.8 Å². The summed E-state index contributed by atoms with van der Waals surface area (Å²) in [6, 6.07) is 13.3. The van der Waals surface area contributed by atoms with Crippen LogP contribution >= 0.6 is 11.3 Å². The number of aliphatic hydroxyl groups excluding tert-OH is 1. The minimum atomic E-state index is -1.01. The van der Waals surface area contributed by atoms with E-state index in [2.05, 4.69) is 0 Å². The number of aromatic nitrogens is 1. The van der Waals surface area contributed by atoms with Crippen molar-refractivity contribution >= 4 is 44.1 Å². The SMILES string of the molecule is COc1ccc(/C(O)=C2\C(=O)C(=O)N(c3nc4c(C)cc(C)cc4s3)[C@@H]2c2cccc(OC)c2OC)cc1C.